The van der Waals surface area contributed by atoms with Crippen LogP contribution in [0, 0.1) is 6.92 Å². The summed E-state index contributed by atoms with van der Waals surface area (Å²) in [6.45, 7) is 5.35. The SMILES string of the molecule is CC(=O)Nc1cc2c(cn1)c(N1CC(N(C)C)C1)nn2-c1cc(C)nc(C(C)(F)F)n1. The van der Waals surface area contributed by atoms with Crippen molar-refractivity contribution in [2.24, 2.45) is 0 Å². The highest BCUT2D eigenvalue weighted by Crippen LogP contribution is 2.33. The summed E-state index contributed by atoms with van der Waals surface area (Å²) in [6, 6.07) is 3.67. The second-order valence-electron chi connectivity index (χ2n) is 8.11. The number of carbonyl (C=O) groups excluding carboxylic acids is 1. The average molecular weight is 430 g/mol. The van der Waals surface area contributed by atoms with Gasteiger partial charge in [-0.3, -0.25) is 4.79 Å². The zero-order valence-corrected chi connectivity index (χ0v) is 18.0. The lowest BCUT2D eigenvalue weighted by molar-refractivity contribution is -0.114. The Hall–Kier alpha value is -3.21. The van der Waals surface area contributed by atoms with E-state index in [1.807, 2.05) is 14.1 Å². The second-order valence-corrected chi connectivity index (χ2v) is 8.11. The van der Waals surface area contributed by atoms with Gasteiger partial charge in [-0.25, -0.2) is 19.6 Å². The Bertz CT molecular complexity index is 1150. The summed E-state index contributed by atoms with van der Waals surface area (Å²) in [5.74, 6) is -2.76. The normalized spacial score (nSPS) is 14.9. The first-order valence-corrected chi connectivity index (χ1v) is 9.85. The Morgan fingerprint density at radius 1 is 1.26 bits per heavy atom. The number of nitrogens with zero attached hydrogens (tertiary/aromatic N) is 7. The van der Waals surface area contributed by atoms with E-state index in [9.17, 15) is 13.6 Å². The quantitative estimate of drug-likeness (QED) is 0.664. The molecule has 1 N–H and O–H groups in total. The molecule has 4 rings (SSSR count). The van der Waals surface area contributed by atoms with Gasteiger partial charge in [0.05, 0.1) is 10.9 Å². The van der Waals surface area contributed by atoms with E-state index in [0.717, 1.165) is 25.4 Å². The van der Waals surface area contributed by atoms with Crippen LogP contribution in [-0.4, -0.2) is 68.8 Å². The van der Waals surface area contributed by atoms with Crippen molar-refractivity contribution in [3.05, 3.63) is 29.8 Å². The fourth-order valence-corrected chi connectivity index (χ4v) is 3.46. The smallest absolute Gasteiger partial charge is 0.303 e. The number of aryl methyl sites for hydroxylation is 1. The van der Waals surface area contributed by atoms with Gasteiger partial charge in [0.25, 0.3) is 0 Å². The molecule has 1 aliphatic heterocycles. The number of likely N-dealkylation sites (N-methyl/N-ethyl adjacent to an activating group) is 1. The van der Waals surface area contributed by atoms with Crippen molar-refractivity contribution in [2.75, 3.05) is 37.4 Å². The molecule has 31 heavy (non-hydrogen) atoms. The lowest BCUT2D eigenvalue weighted by Crippen LogP contribution is -2.57. The zero-order chi connectivity index (χ0) is 22.5. The van der Waals surface area contributed by atoms with Crippen LogP contribution in [0.15, 0.2) is 18.3 Å². The number of hydrogen-bond acceptors (Lipinski definition) is 7. The number of alkyl halides is 2. The number of carbonyl (C=O) groups is 1. The van der Waals surface area contributed by atoms with E-state index in [4.69, 9.17) is 5.10 Å². The van der Waals surface area contributed by atoms with Crippen molar-refractivity contribution in [1.82, 2.24) is 29.6 Å². The summed E-state index contributed by atoms with van der Waals surface area (Å²) in [7, 11) is 4.05. The zero-order valence-electron chi connectivity index (χ0n) is 18.0. The third kappa shape index (κ3) is 4.05. The largest absolute Gasteiger partial charge is 0.351 e. The molecule has 0 radical (unpaired) electrons. The number of anilines is 2. The van der Waals surface area contributed by atoms with Crippen molar-refractivity contribution in [2.45, 2.75) is 32.7 Å². The van der Waals surface area contributed by atoms with Crippen LogP contribution >= 0.6 is 0 Å². The summed E-state index contributed by atoms with van der Waals surface area (Å²) in [6.07, 6.45) is 1.63. The number of halogens is 2. The first kappa shape index (κ1) is 21.0. The summed E-state index contributed by atoms with van der Waals surface area (Å²) in [4.78, 5) is 28.0. The molecule has 1 aliphatic rings. The third-order valence-electron chi connectivity index (χ3n) is 5.19. The molecule has 0 bridgehead atoms. The van der Waals surface area contributed by atoms with Crippen molar-refractivity contribution in [3.63, 3.8) is 0 Å². The topological polar surface area (TPSA) is 92.1 Å². The molecule has 0 atom stereocenters. The van der Waals surface area contributed by atoms with Crippen molar-refractivity contribution < 1.29 is 13.6 Å². The number of nitrogens with one attached hydrogen (secondary N) is 1. The van der Waals surface area contributed by atoms with Gasteiger partial charge in [-0.15, -0.1) is 5.10 Å². The molecule has 1 amide bonds. The van der Waals surface area contributed by atoms with Gasteiger partial charge in [-0.2, -0.15) is 8.78 Å². The van der Waals surface area contributed by atoms with Gasteiger partial charge in [-0.1, -0.05) is 0 Å². The van der Waals surface area contributed by atoms with Gasteiger partial charge in [0, 0.05) is 57.0 Å². The Morgan fingerprint density at radius 3 is 2.58 bits per heavy atom. The van der Waals surface area contributed by atoms with E-state index in [2.05, 4.69) is 30.1 Å². The van der Waals surface area contributed by atoms with E-state index in [1.165, 1.54) is 11.6 Å². The molecule has 3 aromatic rings. The van der Waals surface area contributed by atoms with Crippen molar-refractivity contribution in [1.29, 1.82) is 0 Å². The first-order chi connectivity index (χ1) is 14.5. The molecule has 0 aliphatic carbocycles. The number of aromatic nitrogens is 5. The van der Waals surface area contributed by atoms with Crippen LogP contribution in [-0.2, 0) is 10.7 Å². The lowest BCUT2D eigenvalue weighted by atomic mass is 10.1. The molecule has 1 fully saturated rings. The van der Waals surface area contributed by atoms with Gasteiger partial charge in [0.15, 0.2) is 11.6 Å². The average Bonchev–Trinajstić information content (AvgIpc) is 2.97. The highest BCUT2D eigenvalue weighted by molar-refractivity contribution is 5.95. The predicted octanol–water partition coefficient (Wildman–Crippen LogP) is 2.34. The Morgan fingerprint density at radius 2 is 1.97 bits per heavy atom. The maximum atomic E-state index is 13.9. The molecule has 1 saturated heterocycles. The van der Waals surface area contributed by atoms with Crippen molar-refractivity contribution >= 4 is 28.4 Å². The van der Waals surface area contributed by atoms with E-state index in [-0.39, 0.29) is 11.7 Å². The second kappa shape index (κ2) is 7.49. The number of hydrogen-bond donors (Lipinski definition) is 1. The van der Waals surface area contributed by atoms with E-state index >= 15 is 0 Å². The minimum absolute atomic E-state index is 0.227. The van der Waals surface area contributed by atoms with Crippen LogP contribution < -0.4 is 10.2 Å². The molecule has 0 saturated carbocycles. The highest BCUT2D eigenvalue weighted by atomic mass is 19.3. The van der Waals surface area contributed by atoms with Crippen molar-refractivity contribution in [3.8, 4) is 5.82 Å². The Labute approximate surface area is 178 Å². The monoisotopic (exact) mass is 430 g/mol. The fraction of sp³-hybridized carbons (Fsp3) is 0.450. The molecular formula is C20H24F2N8O. The Balaban J connectivity index is 1.86. The maximum Gasteiger partial charge on any atom is 0.303 e. The molecular weight excluding hydrogens is 406 g/mol. The summed E-state index contributed by atoms with van der Waals surface area (Å²) >= 11 is 0. The van der Waals surface area contributed by atoms with E-state index in [1.54, 1.807) is 25.3 Å². The van der Waals surface area contributed by atoms with Crippen LogP contribution in [0.3, 0.4) is 0 Å². The Kier molecular flexibility index (Phi) is 5.08. The van der Waals surface area contributed by atoms with Gasteiger partial charge in [0.1, 0.15) is 5.82 Å². The lowest BCUT2D eigenvalue weighted by Gasteiger charge is -2.43. The van der Waals surface area contributed by atoms with Gasteiger partial charge >= 0.3 is 5.92 Å². The number of pyridine rings is 1. The van der Waals surface area contributed by atoms with Gasteiger partial charge < -0.3 is 15.1 Å². The number of rotatable bonds is 5. The van der Waals surface area contributed by atoms with Gasteiger partial charge in [-0.05, 0) is 21.0 Å². The standard InChI is InChI=1S/C20H24F2N8O/c1-11-6-17(26-19(24-11)20(3,21)22)30-15-7-16(25-12(2)31)23-8-14(15)18(27-30)29-9-13(10-29)28(4)5/h6-8,13H,9-10H2,1-5H3,(H,23,25,31). The van der Waals surface area contributed by atoms with Crippen LogP contribution in [0.1, 0.15) is 25.4 Å². The molecule has 0 aromatic carbocycles. The van der Waals surface area contributed by atoms with E-state index in [0.29, 0.717) is 28.9 Å². The molecule has 9 nitrogen and oxygen atoms in total. The summed E-state index contributed by atoms with van der Waals surface area (Å²) in [5.41, 5.74) is 1.00. The summed E-state index contributed by atoms with van der Waals surface area (Å²) < 4.78 is 29.4. The van der Waals surface area contributed by atoms with E-state index < -0.39 is 11.7 Å². The van der Waals surface area contributed by atoms with Crippen LogP contribution in [0.2, 0.25) is 0 Å². The molecule has 0 unspecified atom stereocenters. The predicted molar refractivity (Wildman–Crippen MR) is 113 cm³/mol. The molecule has 164 valence electrons. The molecule has 11 heteroatoms. The van der Waals surface area contributed by atoms with Gasteiger partial charge in [0.2, 0.25) is 11.7 Å². The third-order valence-corrected chi connectivity index (χ3v) is 5.19. The molecule has 4 heterocycles. The van der Waals surface area contributed by atoms with Crippen LogP contribution in [0.5, 0.6) is 0 Å². The molecule has 3 aromatic heterocycles. The first-order valence-electron chi connectivity index (χ1n) is 9.85. The van der Waals surface area contributed by atoms with Crippen LogP contribution in [0.4, 0.5) is 20.4 Å². The van der Waals surface area contributed by atoms with Crippen LogP contribution in [0.25, 0.3) is 16.7 Å². The number of fused-ring (bicyclic) bond motifs is 1. The minimum Gasteiger partial charge on any atom is -0.351 e. The molecule has 0 spiro atoms. The fourth-order valence-electron chi connectivity index (χ4n) is 3.46. The highest BCUT2D eigenvalue weighted by Gasteiger charge is 2.33. The number of amides is 1. The maximum absolute atomic E-state index is 13.9. The summed E-state index contributed by atoms with van der Waals surface area (Å²) in [5, 5.41) is 8.09. The minimum atomic E-state index is -3.19.